The predicted octanol–water partition coefficient (Wildman–Crippen LogP) is 4.23. The third-order valence-electron chi connectivity index (χ3n) is 5.44. The van der Waals surface area contributed by atoms with Crippen molar-refractivity contribution in [3.05, 3.63) is 83.4 Å². The molecule has 2 N–H and O–H groups in total. The second-order valence-corrected chi connectivity index (χ2v) is 7.41. The van der Waals surface area contributed by atoms with Gasteiger partial charge < -0.3 is 25.0 Å². The van der Waals surface area contributed by atoms with Gasteiger partial charge in [-0.1, -0.05) is 24.3 Å². The largest absolute Gasteiger partial charge is 0.497 e. The zero-order chi connectivity index (χ0) is 22.5. The molecule has 0 aromatic heterocycles. The Balaban J connectivity index is 1.43. The van der Waals surface area contributed by atoms with Gasteiger partial charge in [0.15, 0.2) is 0 Å². The first-order valence-electron chi connectivity index (χ1n) is 10.3. The Labute approximate surface area is 187 Å². The zero-order valence-corrected chi connectivity index (χ0v) is 18.1. The molecule has 164 valence electrons. The van der Waals surface area contributed by atoms with Gasteiger partial charge in [-0.15, -0.1) is 0 Å². The highest BCUT2D eigenvalue weighted by atomic mass is 16.5. The highest BCUT2D eigenvalue weighted by Gasteiger charge is 2.26. The number of nitrogens with one attached hydrogen (secondary N) is 2. The van der Waals surface area contributed by atoms with Crippen molar-refractivity contribution in [2.75, 3.05) is 31.0 Å². The summed E-state index contributed by atoms with van der Waals surface area (Å²) in [6.45, 7) is 0.962. The highest BCUT2D eigenvalue weighted by Crippen LogP contribution is 2.31. The number of rotatable bonds is 6. The predicted molar refractivity (Wildman–Crippen MR) is 124 cm³/mol. The van der Waals surface area contributed by atoms with E-state index in [4.69, 9.17) is 9.47 Å². The lowest BCUT2D eigenvalue weighted by Gasteiger charge is -2.18. The molecule has 32 heavy (non-hydrogen) atoms. The summed E-state index contributed by atoms with van der Waals surface area (Å²) < 4.78 is 10.4. The monoisotopic (exact) mass is 431 g/mol. The SMILES string of the molecule is COc1ccc(C(=O)N2CCc3ccc(CNC(=O)Nc4ccccc4OC)cc32)cc1. The summed E-state index contributed by atoms with van der Waals surface area (Å²) in [5.41, 5.74) is 4.12. The van der Waals surface area contributed by atoms with Gasteiger partial charge in [0.2, 0.25) is 0 Å². The smallest absolute Gasteiger partial charge is 0.319 e. The summed E-state index contributed by atoms with van der Waals surface area (Å²) in [4.78, 5) is 27.2. The van der Waals surface area contributed by atoms with Crippen LogP contribution in [0, 0.1) is 0 Å². The van der Waals surface area contributed by atoms with Crippen LogP contribution in [0.4, 0.5) is 16.2 Å². The Bertz CT molecular complexity index is 1130. The topological polar surface area (TPSA) is 79.9 Å². The molecule has 1 aliphatic heterocycles. The number of benzene rings is 3. The van der Waals surface area contributed by atoms with Crippen molar-refractivity contribution in [3.8, 4) is 11.5 Å². The summed E-state index contributed by atoms with van der Waals surface area (Å²) in [6.07, 6.45) is 0.805. The molecule has 0 aliphatic carbocycles. The van der Waals surface area contributed by atoms with Crippen LogP contribution in [0.5, 0.6) is 11.5 Å². The number of carbonyl (C=O) groups excluding carboxylic acids is 2. The number of nitrogens with zero attached hydrogens (tertiary/aromatic N) is 1. The lowest BCUT2D eigenvalue weighted by atomic mass is 10.1. The van der Waals surface area contributed by atoms with Crippen LogP contribution < -0.4 is 25.0 Å². The number of hydrogen-bond donors (Lipinski definition) is 2. The number of ether oxygens (including phenoxy) is 2. The first-order chi connectivity index (χ1) is 15.6. The molecule has 0 unspecified atom stereocenters. The van der Waals surface area contributed by atoms with Crippen molar-refractivity contribution in [1.29, 1.82) is 0 Å². The Morgan fingerprint density at radius 1 is 0.969 bits per heavy atom. The van der Waals surface area contributed by atoms with Gasteiger partial charge in [0.05, 0.1) is 19.9 Å². The Morgan fingerprint density at radius 2 is 1.75 bits per heavy atom. The van der Waals surface area contributed by atoms with Gasteiger partial charge in [0.1, 0.15) is 11.5 Å². The van der Waals surface area contributed by atoms with Gasteiger partial charge in [-0.25, -0.2) is 4.79 Å². The van der Waals surface area contributed by atoms with E-state index < -0.39 is 0 Å². The van der Waals surface area contributed by atoms with Crippen LogP contribution in [0.15, 0.2) is 66.7 Å². The van der Waals surface area contributed by atoms with Gasteiger partial charge in [-0.3, -0.25) is 4.79 Å². The van der Waals surface area contributed by atoms with Crippen LogP contribution in [-0.2, 0) is 13.0 Å². The minimum Gasteiger partial charge on any atom is -0.497 e. The number of anilines is 2. The van der Waals surface area contributed by atoms with Crippen molar-refractivity contribution in [3.63, 3.8) is 0 Å². The summed E-state index contributed by atoms with van der Waals surface area (Å²) >= 11 is 0. The molecule has 1 aliphatic rings. The van der Waals surface area contributed by atoms with Gasteiger partial charge in [-0.05, 0) is 60.0 Å². The number of hydrogen-bond acceptors (Lipinski definition) is 4. The highest BCUT2D eigenvalue weighted by molar-refractivity contribution is 6.07. The molecular formula is C25H25N3O4. The molecule has 7 nitrogen and oxygen atoms in total. The van der Waals surface area contributed by atoms with E-state index in [0.717, 1.165) is 23.2 Å². The summed E-state index contributed by atoms with van der Waals surface area (Å²) in [7, 11) is 3.15. The van der Waals surface area contributed by atoms with Crippen molar-refractivity contribution in [1.82, 2.24) is 5.32 Å². The van der Waals surface area contributed by atoms with Crippen LogP contribution in [0.3, 0.4) is 0 Å². The molecule has 0 saturated carbocycles. The Kier molecular flexibility index (Phi) is 6.26. The lowest BCUT2D eigenvalue weighted by molar-refractivity contribution is 0.0989. The van der Waals surface area contributed by atoms with Crippen LogP contribution in [-0.4, -0.2) is 32.7 Å². The molecule has 3 amide bonds. The van der Waals surface area contributed by atoms with Gasteiger partial charge >= 0.3 is 6.03 Å². The van der Waals surface area contributed by atoms with Gasteiger partial charge in [0.25, 0.3) is 5.91 Å². The van der Waals surface area contributed by atoms with Crippen molar-refractivity contribution < 1.29 is 19.1 Å². The Hall–Kier alpha value is -4.00. The van der Waals surface area contributed by atoms with Gasteiger partial charge in [-0.2, -0.15) is 0 Å². The minimum absolute atomic E-state index is 0.0505. The maximum atomic E-state index is 13.0. The molecule has 0 spiro atoms. The van der Waals surface area contributed by atoms with Gasteiger partial charge in [0, 0.05) is 24.3 Å². The molecule has 3 aromatic carbocycles. The number of fused-ring (bicyclic) bond motifs is 1. The molecule has 0 saturated heterocycles. The maximum absolute atomic E-state index is 13.0. The zero-order valence-electron chi connectivity index (χ0n) is 18.1. The molecule has 3 aromatic rings. The normalized spacial score (nSPS) is 12.1. The molecule has 1 heterocycles. The number of para-hydroxylation sites is 2. The molecule has 0 atom stereocenters. The second kappa shape index (κ2) is 9.43. The number of carbonyl (C=O) groups is 2. The molecule has 0 radical (unpaired) electrons. The summed E-state index contributed by atoms with van der Waals surface area (Å²) in [5.74, 6) is 1.25. The second-order valence-electron chi connectivity index (χ2n) is 7.41. The maximum Gasteiger partial charge on any atom is 0.319 e. The molecule has 0 fully saturated rings. The van der Waals surface area contributed by atoms with E-state index in [9.17, 15) is 9.59 Å². The van der Waals surface area contributed by atoms with E-state index in [0.29, 0.717) is 35.8 Å². The molecule has 4 rings (SSSR count). The van der Waals surface area contributed by atoms with E-state index in [1.807, 2.05) is 30.3 Å². The van der Waals surface area contributed by atoms with E-state index in [1.54, 1.807) is 55.5 Å². The van der Waals surface area contributed by atoms with Crippen molar-refractivity contribution in [2.45, 2.75) is 13.0 Å². The summed E-state index contributed by atoms with van der Waals surface area (Å²) in [6, 6.07) is 20.0. The molecular weight excluding hydrogens is 406 g/mol. The average molecular weight is 431 g/mol. The first-order valence-corrected chi connectivity index (χ1v) is 10.3. The van der Waals surface area contributed by atoms with Crippen LogP contribution in [0.25, 0.3) is 0 Å². The minimum atomic E-state index is -0.332. The third kappa shape index (κ3) is 4.51. The van der Waals surface area contributed by atoms with Crippen LogP contribution in [0.1, 0.15) is 21.5 Å². The summed E-state index contributed by atoms with van der Waals surface area (Å²) in [5, 5.41) is 5.65. The van der Waals surface area contributed by atoms with E-state index in [2.05, 4.69) is 10.6 Å². The van der Waals surface area contributed by atoms with E-state index in [1.165, 1.54) is 0 Å². The third-order valence-corrected chi connectivity index (χ3v) is 5.44. The Morgan fingerprint density at radius 3 is 2.50 bits per heavy atom. The average Bonchev–Trinajstić information content (AvgIpc) is 3.26. The van der Waals surface area contributed by atoms with Crippen molar-refractivity contribution >= 4 is 23.3 Å². The fraction of sp³-hybridized carbons (Fsp3) is 0.200. The van der Waals surface area contributed by atoms with E-state index in [-0.39, 0.29) is 11.9 Å². The van der Waals surface area contributed by atoms with Crippen molar-refractivity contribution in [2.24, 2.45) is 0 Å². The fourth-order valence-electron chi connectivity index (χ4n) is 3.73. The molecule has 0 bridgehead atoms. The number of amides is 3. The van der Waals surface area contributed by atoms with Crippen LogP contribution in [0.2, 0.25) is 0 Å². The lowest BCUT2D eigenvalue weighted by Crippen LogP contribution is -2.29. The number of urea groups is 1. The molecule has 7 heteroatoms. The van der Waals surface area contributed by atoms with E-state index >= 15 is 0 Å². The number of methoxy groups -OCH3 is 2. The standard InChI is InChI=1S/C25H25N3O4/c1-31-20-11-9-19(10-12-20)24(29)28-14-13-18-8-7-17(15-22(18)28)16-26-25(30)27-21-5-3-4-6-23(21)32-2/h3-12,15H,13-14,16H2,1-2H3,(H2,26,27,30). The first kappa shape index (κ1) is 21.2. The quantitative estimate of drug-likeness (QED) is 0.612. The van der Waals surface area contributed by atoms with Crippen LogP contribution >= 0.6 is 0 Å². The fourth-order valence-corrected chi connectivity index (χ4v) is 3.73.